The molecule has 0 aliphatic heterocycles. The van der Waals surface area contributed by atoms with Gasteiger partial charge in [0.05, 0.1) is 15.7 Å². The predicted octanol–water partition coefficient (Wildman–Crippen LogP) is 4.55. The molecular formula is C14H15BrO2S. The number of fused-ring (bicyclic) bond motifs is 1. The number of aryl methyl sites for hydroxylation is 1. The van der Waals surface area contributed by atoms with Crippen LogP contribution < -0.4 is 0 Å². The van der Waals surface area contributed by atoms with Crippen molar-refractivity contribution in [3.05, 3.63) is 28.4 Å². The SMILES string of the molecule is Cc1oc2ccc(Br)cc2c1[S@@](=O)C1CCCC1. The lowest BCUT2D eigenvalue weighted by molar-refractivity contribution is 0.565. The van der Waals surface area contributed by atoms with E-state index in [4.69, 9.17) is 4.42 Å². The first-order valence-electron chi connectivity index (χ1n) is 6.26. The summed E-state index contributed by atoms with van der Waals surface area (Å²) >= 11 is 3.47. The summed E-state index contributed by atoms with van der Waals surface area (Å²) < 4.78 is 19.4. The minimum absolute atomic E-state index is 0.309. The first-order chi connectivity index (χ1) is 8.66. The molecule has 0 radical (unpaired) electrons. The number of halogens is 1. The smallest absolute Gasteiger partial charge is 0.135 e. The van der Waals surface area contributed by atoms with Crippen LogP contribution in [-0.4, -0.2) is 9.46 Å². The van der Waals surface area contributed by atoms with Gasteiger partial charge in [0.15, 0.2) is 0 Å². The Labute approximate surface area is 117 Å². The Balaban J connectivity index is 2.12. The van der Waals surface area contributed by atoms with Crippen molar-refractivity contribution in [1.29, 1.82) is 0 Å². The molecule has 1 aromatic heterocycles. The van der Waals surface area contributed by atoms with Gasteiger partial charge >= 0.3 is 0 Å². The predicted molar refractivity (Wildman–Crippen MR) is 77.3 cm³/mol. The lowest BCUT2D eigenvalue weighted by Crippen LogP contribution is -2.10. The summed E-state index contributed by atoms with van der Waals surface area (Å²) in [4.78, 5) is 0.901. The second-order valence-electron chi connectivity index (χ2n) is 4.83. The average molecular weight is 327 g/mol. The molecule has 3 rings (SSSR count). The van der Waals surface area contributed by atoms with E-state index in [-0.39, 0.29) is 0 Å². The van der Waals surface area contributed by atoms with Crippen LogP contribution in [0.5, 0.6) is 0 Å². The van der Waals surface area contributed by atoms with Crippen molar-refractivity contribution in [3.8, 4) is 0 Å². The molecule has 1 aromatic carbocycles. The number of hydrogen-bond donors (Lipinski definition) is 0. The lowest BCUT2D eigenvalue weighted by Gasteiger charge is -2.08. The first kappa shape index (κ1) is 12.4. The number of furan rings is 1. The van der Waals surface area contributed by atoms with E-state index >= 15 is 0 Å². The van der Waals surface area contributed by atoms with Crippen LogP contribution in [0.1, 0.15) is 31.4 Å². The number of benzene rings is 1. The van der Waals surface area contributed by atoms with Crippen molar-refractivity contribution in [2.24, 2.45) is 0 Å². The zero-order chi connectivity index (χ0) is 12.7. The highest BCUT2D eigenvalue weighted by molar-refractivity contribution is 9.10. The Morgan fingerprint density at radius 1 is 1.33 bits per heavy atom. The maximum Gasteiger partial charge on any atom is 0.135 e. The van der Waals surface area contributed by atoms with Gasteiger partial charge in [-0.25, -0.2) is 0 Å². The third-order valence-corrected chi connectivity index (χ3v) is 6.06. The molecule has 0 spiro atoms. The largest absolute Gasteiger partial charge is 0.460 e. The van der Waals surface area contributed by atoms with Crippen molar-refractivity contribution in [2.45, 2.75) is 42.8 Å². The first-order valence-corrected chi connectivity index (χ1v) is 8.26. The fourth-order valence-electron chi connectivity index (χ4n) is 2.69. The molecule has 0 saturated heterocycles. The van der Waals surface area contributed by atoms with Gasteiger partial charge in [-0.2, -0.15) is 0 Å². The normalized spacial score (nSPS) is 18.6. The van der Waals surface area contributed by atoms with E-state index in [9.17, 15) is 4.21 Å². The van der Waals surface area contributed by atoms with Gasteiger partial charge in [0.2, 0.25) is 0 Å². The third-order valence-electron chi connectivity index (χ3n) is 3.58. The summed E-state index contributed by atoms with van der Waals surface area (Å²) in [6, 6.07) is 5.89. The molecule has 0 N–H and O–H groups in total. The van der Waals surface area contributed by atoms with Crippen molar-refractivity contribution in [2.75, 3.05) is 0 Å². The quantitative estimate of drug-likeness (QED) is 0.810. The maximum atomic E-state index is 12.7. The molecule has 0 bridgehead atoms. The van der Waals surface area contributed by atoms with E-state index in [0.717, 1.165) is 38.9 Å². The summed E-state index contributed by atoms with van der Waals surface area (Å²) in [5.41, 5.74) is 0.831. The second kappa shape index (κ2) is 4.82. The van der Waals surface area contributed by atoms with Crippen molar-refractivity contribution < 1.29 is 8.63 Å². The van der Waals surface area contributed by atoms with Crippen LogP contribution in [0, 0.1) is 6.92 Å². The highest BCUT2D eigenvalue weighted by Gasteiger charge is 2.27. The second-order valence-corrected chi connectivity index (χ2v) is 7.42. The molecule has 1 heterocycles. The van der Waals surface area contributed by atoms with Gasteiger partial charge in [0.1, 0.15) is 11.3 Å². The Kier molecular flexibility index (Phi) is 3.32. The highest BCUT2D eigenvalue weighted by atomic mass is 79.9. The van der Waals surface area contributed by atoms with E-state index in [1.165, 1.54) is 12.8 Å². The molecule has 1 aliphatic rings. The van der Waals surface area contributed by atoms with Gasteiger partial charge in [-0.05, 0) is 38.0 Å². The number of rotatable bonds is 2. The van der Waals surface area contributed by atoms with Crippen LogP contribution in [0.25, 0.3) is 11.0 Å². The standard InChI is InChI=1S/C14H15BrO2S/c1-9-14(18(16)11-4-2-3-5-11)12-8-10(15)6-7-13(12)17-9/h6-8,11H,2-5H2,1H3/t18-/m0/s1. The maximum absolute atomic E-state index is 12.7. The summed E-state index contributed by atoms with van der Waals surface area (Å²) in [5, 5.41) is 1.30. The van der Waals surface area contributed by atoms with Crippen LogP contribution in [0.15, 0.2) is 32.0 Å². The third kappa shape index (κ3) is 2.05. The Bertz CT molecular complexity index is 612. The van der Waals surface area contributed by atoms with Crippen LogP contribution in [0.2, 0.25) is 0 Å². The molecule has 2 nitrogen and oxygen atoms in total. The molecular weight excluding hydrogens is 312 g/mol. The van der Waals surface area contributed by atoms with Crippen molar-refractivity contribution >= 4 is 37.7 Å². The van der Waals surface area contributed by atoms with Crippen LogP contribution in [0.3, 0.4) is 0 Å². The summed E-state index contributed by atoms with van der Waals surface area (Å²) in [7, 11) is -0.937. The molecule has 0 amide bonds. The molecule has 1 atom stereocenters. The monoisotopic (exact) mass is 326 g/mol. The highest BCUT2D eigenvalue weighted by Crippen LogP contribution is 2.35. The Morgan fingerprint density at radius 3 is 2.78 bits per heavy atom. The van der Waals surface area contributed by atoms with Gasteiger partial charge in [0.25, 0.3) is 0 Å². The van der Waals surface area contributed by atoms with E-state index in [2.05, 4.69) is 15.9 Å². The molecule has 96 valence electrons. The van der Waals surface area contributed by atoms with Gasteiger partial charge in [-0.1, -0.05) is 28.8 Å². The lowest BCUT2D eigenvalue weighted by atomic mass is 10.2. The van der Waals surface area contributed by atoms with E-state index in [1.54, 1.807) is 0 Å². The fourth-order valence-corrected chi connectivity index (χ4v) is 4.85. The molecule has 1 saturated carbocycles. The molecule has 2 aromatic rings. The molecule has 1 aliphatic carbocycles. The molecule has 0 unspecified atom stereocenters. The minimum atomic E-state index is -0.937. The summed E-state index contributed by atoms with van der Waals surface area (Å²) in [6.45, 7) is 1.91. The van der Waals surface area contributed by atoms with Crippen LogP contribution in [0.4, 0.5) is 0 Å². The topological polar surface area (TPSA) is 30.2 Å². The van der Waals surface area contributed by atoms with Gasteiger partial charge < -0.3 is 4.42 Å². The Morgan fingerprint density at radius 2 is 2.06 bits per heavy atom. The number of hydrogen-bond acceptors (Lipinski definition) is 2. The van der Waals surface area contributed by atoms with Crippen LogP contribution >= 0.6 is 15.9 Å². The summed E-state index contributed by atoms with van der Waals surface area (Å²) in [6.07, 6.45) is 4.56. The van der Waals surface area contributed by atoms with Gasteiger partial charge in [0, 0.05) is 15.1 Å². The average Bonchev–Trinajstić information content (AvgIpc) is 2.94. The minimum Gasteiger partial charge on any atom is -0.460 e. The summed E-state index contributed by atoms with van der Waals surface area (Å²) in [5.74, 6) is 0.799. The Hall–Kier alpha value is -0.610. The zero-order valence-electron chi connectivity index (χ0n) is 10.2. The van der Waals surface area contributed by atoms with Crippen molar-refractivity contribution in [3.63, 3.8) is 0 Å². The molecule has 4 heteroatoms. The fraction of sp³-hybridized carbons (Fsp3) is 0.429. The van der Waals surface area contributed by atoms with E-state index < -0.39 is 10.8 Å². The molecule has 1 fully saturated rings. The van der Waals surface area contributed by atoms with Crippen molar-refractivity contribution in [1.82, 2.24) is 0 Å². The van der Waals surface area contributed by atoms with Crippen LogP contribution in [-0.2, 0) is 10.8 Å². The van der Waals surface area contributed by atoms with E-state index in [1.807, 2.05) is 25.1 Å². The van der Waals surface area contributed by atoms with Gasteiger partial charge in [-0.15, -0.1) is 0 Å². The zero-order valence-corrected chi connectivity index (χ0v) is 12.6. The molecule has 18 heavy (non-hydrogen) atoms. The van der Waals surface area contributed by atoms with E-state index in [0.29, 0.717) is 5.25 Å². The van der Waals surface area contributed by atoms with Gasteiger partial charge in [-0.3, -0.25) is 4.21 Å².